The molecule has 1 aliphatic carbocycles. The van der Waals surface area contributed by atoms with Gasteiger partial charge in [-0.2, -0.15) is 5.26 Å². The molecule has 0 N–H and O–H groups in total. The van der Waals surface area contributed by atoms with Crippen LogP contribution in [0.25, 0.3) is 0 Å². The molecule has 0 aliphatic heterocycles. The molecule has 1 aromatic carbocycles. The number of anilines is 1. The fraction of sp³-hybridized carbons (Fsp3) is 0.364. The second-order valence-electron chi connectivity index (χ2n) is 3.50. The summed E-state index contributed by atoms with van der Waals surface area (Å²) >= 11 is 0. The lowest BCUT2D eigenvalue weighted by Gasteiger charge is -2.18. The van der Waals surface area contributed by atoms with Crippen LogP contribution in [0, 0.1) is 11.3 Å². The third-order valence-corrected chi connectivity index (χ3v) is 2.48. The van der Waals surface area contributed by atoms with Crippen molar-refractivity contribution in [3.05, 3.63) is 29.8 Å². The maximum atomic E-state index is 8.73. The highest BCUT2D eigenvalue weighted by molar-refractivity contribution is 5.52. The van der Waals surface area contributed by atoms with E-state index in [2.05, 4.69) is 24.1 Å². The SMILES string of the molecule is CN(c1cccc(C#N)c1)C1CC1. The maximum absolute atomic E-state index is 8.73. The molecule has 0 bridgehead atoms. The van der Waals surface area contributed by atoms with Crippen molar-refractivity contribution in [1.82, 2.24) is 0 Å². The zero-order valence-electron chi connectivity index (χ0n) is 7.70. The smallest absolute Gasteiger partial charge is 0.0992 e. The lowest BCUT2D eigenvalue weighted by atomic mass is 10.2. The van der Waals surface area contributed by atoms with Crippen LogP contribution in [0.2, 0.25) is 0 Å². The molecule has 1 aliphatic rings. The van der Waals surface area contributed by atoms with Gasteiger partial charge in [0.25, 0.3) is 0 Å². The van der Waals surface area contributed by atoms with Crippen molar-refractivity contribution in [2.45, 2.75) is 18.9 Å². The zero-order chi connectivity index (χ0) is 9.26. The molecule has 0 aromatic heterocycles. The maximum Gasteiger partial charge on any atom is 0.0992 e. The highest BCUT2D eigenvalue weighted by Crippen LogP contribution is 2.30. The van der Waals surface area contributed by atoms with E-state index in [1.165, 1.54) is 12.8 Å². The van der Waals surface area contributed by atoms with E-state index in [0.29, 0.717) is 6.04 Å². The van der Waals surface area contributed by atoms with Crippen LogP contribution < -0.4 is 4.90 Å². The van der Waals surface area contributed by atoms with Gasteiger partial charge in [-0.15, -0.1) is 0 Å². The Balaban J connectivity index is 2.24. The Morgan fingerprint density at radius 1 is 1.46 bits per heavy atom. The summed E-state index contributed by atoms with van der Waals surface area (Å²) in [5.41, 5.74) is 1.89. The summed E-state index contributed by atoms with van der Waals surface area (Å²) in [6, 6.07) is 10.6. The summed E-state index contributed by atoms with van der Waals surface area (Å²) in [7, 11) is 2.09. The quantitative estimate of drug-likeness (QED) is 0.683. The zero-order valence-corrected chi connectivity index (χ0v) is 7.70. The van der Waals surface area contributed by atoms with Crippen LogP contribution in [-0.2, 0) is 0 Å². The van der Waals surface area contributed by atoms with E-state index >= 15 is 0 Å². The van der Waals surface area contributed by atoms with Crippen LogP contribution in [-0.4, -0.2) is 13.1 Å². The molecule has 13 heavy (non-hydrogen) atoms. The van der Waals surface area contributed by atoms with Crippen molar-refractivity contribution >= 4 is 5.69 Å². The van der Waals surface area contributed by atoms with E-state index in [4.69, 9.17) is 5.26 Å². The minimum atomic E-state index is 0.703. The van der Waals surface area contributed by atoms with Gasteiger partial charge in [-0.3, -0.25) is 0 Å². The first-order valence-corrected chi connectivity index (χ1v) is 4.54. The minimum absolute atomic E-state index is 0.703. The van der Waals surface area contributed by atoms with Gasteiger partial charge in [-0.05, 0) is 31.0 Å². The number of nitrogens with zero attached hydrogens (tertiary/aromatic N) is 2. The Bertz CT molecular complexity index is 347. The first-order valence-electron chi connectivity index (χ1n) is 4.54. The number of hydrogen-bond donors (Lipinski definition) is 0. The third-order valence-electron chi connectivity index (χ3n) is 2.48. The van der Waals surface area contributed by atoms with Crippen molar-refractivity contribution in [2.24, 2.45) is 0 Å². The first-order chi connectivity index (χ1) is 6.31. The van der Waals surface area contributed by atoms with Crippen molar-refractivity contribution in [3.63, 3.8) is 0 Å². The second-order valence-corrected chi connectivity index (χ2v) is 3.50. The molecule has 1 aromatic rings. The molecule has 0 amide bonds. The molecule has 0 unspecified atom stereocenters. The standard InChI is InChI=1S/C11H12N2/c1-13(10-5-6-10)11-4-2-3-9(7-11)8-12/h2-4,7,10H,5-6H2,1H3. The summed E-state index contributed by atoms with van der Waals surface area (Å²) < 4.78 is 0. The van der Waals surface area contributed by atoms with Gasteiger partial charge in [-0.25, -0.2) is 0 Å². The Labute approximate surface area is 78.4 Å². The molecule has 1 fully saturated rings. The number of rotatable bonds is 2. The molecular formula is C11H12N2. The molecule has 0 heterocycles. The fourth-order valence-corrected chi connectivity index (χ4v) is 1.47. The molecule has 0 saturated heterocycles. The van der Waals surface area contributed by atoms with E-state index in [1.807, 2.05) is 18.2 Å². The van der Waals surface area contributed by atoms with E-state index in [1.54, 1.807) is 0 Å². The monoisotopic (exact) mass is 172 g/mol. The lowest BCUT2D eigenvalue weighted by molar-refractivity contribution is 0.917. The predicted octanol–water partition coefficient (Wildman–Crippen LogP) is 2.16. The van der Waals surface area contributed by atoms with Gasteiger partial charge < -0.3 is 4.90 Å². The normalized spacial score (nSPS) is 15.1. The van der Waals surface area contributed by atoms with Crippen LogP contribution in [0.3, 0.4) is 0 Å². The Morgan fingerprint density at radius 2 is 2.23 bits per heavy atom. The largest absolute Gasteiger partial charge is 0.372 e. The molecule has 2 rings (SSSR count). The average molecular weight is 172 g/mol. The number of nitriles is 1. The highest BCUT2D eigenvalue weighted by Gasteiger charge is 2.26. The fourth-order valence-electron chi connectivity index (χ4n) is 1.47. The van der Waals surface area contributed by atoms with Gasteiger partial charge in [-0.1, -0.05) is 6.07 Å². The topological polar surface area (TPSA) is 27.0 Å². The van der Waals surface area contributed by atoms with Gasteiger partial charge in [0.1, 0.15) is 0 Å². The third kappa shape index (κ3) is 1.65. The average Bonchev–Trinajstić information content (AvgIpc) is 3.00. The molecule has 66 valence electrons. The highest BCUT2D eigenvalue weighted by atomic mass is 15.2. The number of benzene rings is 1. The van der Waals surface area contributed by atoms with E-state index in [0.717, 1.165) is 11.3 Å². The van der Waals surface area contributed by atoms with Crippen LogP contribution in [0.4, 0.5) is 5.69 Å². The van der Waals surface area contributed by atoms with E-state index < -0.39 is 0 Å². The summed E-state index contributed by atoms with van der Waals surface area (Å²) in [4.78, 5) is 2.25. The Morgan fingerprint density at radius 3 is 2.85 bits per heavy atom. The van der Waals surface area contributed by atoms with E-state index in [9.17, 15) is 0 Å². The molecule has 1 saturated carbocycles. The second kappa shape index (κ2) is 3.10. The molecular weight excluding hydrogens is 160 g/mol. The molecule has 0 atom stereocenters. The van der Waals surface area contributed by atoms with Crippen molar-refractivity contribution in [3.8, 4) is 6.07 Å². The summed E-state index contributed by atoms with van der Waals surface area (Å²) in [5, 5.41) is 8.73. The summed E-state index contributed by atoms with van der Waals surface area (Å²) in [5.74, 6) is 0. The molecule has 0 radical (unpaired) electrons. The Hall–Kier alpha value is -1.49. The van der Waals surface area contributed by atoms with E-state index in [-0.39, 0.29) is 0 Å². The molecule has 2 nitrogen and oxygen atoms in total. The summed E-state index contributed by atoms with van der Waals surface area (Å²) in [6.45, 7) is 0. The van der Waals surface area contributed by atoms with Crippen molar-refractivity contribution < 1.29 is 0 Å². The minimum Gasteiger partial charge on any atom is -0.372 e. The van der Waals surface area contributed by atoms with Gasteiger partial charge in [0.15, 0.2) is 0 Å². The Kier molecular flexibility index (Phi) is 1.94. The van der Waals surface area contributed by atoms with Crippen LogP contribution in [0.5, 0.6) is 0 Å². The van der Waals surface area contributed by atoms with Crippen LogP contribution in [0.1, 0.15) is 18.4 Å². The van der Waals surface area contributed by atoms with Gasteiger partial charge in [0.05, 0.1) is 11.6 Å². The van der Waals surface area contributed by atoms with Gasteiger partial charge >= 0.3 is 0 Å². The predicted molar refractivity (Wildman–Crippen MR) is 52.6 cm³/mol. The molecule has 0 spiro atoms. The number of hydrogen-bond acceptors (Lipinski definition) is 2. The first kappa shape index (κ1) is 8.12. The van der Waals surface area contributed by atoms with Crippen molar-refractivity contribution in [2.75, 3.05) is 11.9 Å². The van der Waals surface area contributed by atoms with Gasteiger partial charge in [0, 0.05) is 18.8 Å². The lowest BCUT2D eigenvalue weighted by Crippen LogP contribution is -2.19. The summed E-state index contributed by atoms with van der Waals surface area (Å²) in [6.07, 6.45) is 2.57. The van der Waals surface area contributed by atoms with Crippen LogP contribution in [0.15, 0.2) is 24.3 Å². The molecule has 2 heteroatoms. The van der Waals surface area contributed by atoms with Gasteiger partial charge in [0.2, 0.25) is 0 Å². The van der Waals surface area contributed by atoms with Crippen LogP contribution >= 0.6 is 0 Å². The van der Waals surface area contributed by atoms with Crippen molar-refractivity contribution in [1.29, 1.82) is 5.26 Å².